The maximum atomic E-state index is 11.6. The molecule has 1 saturated carbocycles. The van der Waals surface area contributed by atoms with Crippen molar-refractivity contribution >= 4 is 22.0 Å². The summed E-state index contributed by atoms with van der Waals surface area (Å²) in [6.07, 6.45) is 4.79. The van der Waals surface area contributed by atoms with E-state index in [0.29, 0.717) is 11.8 Å². The Morgan fingerprint density at radius 3 is 2.41 bits per heavy atom. The zero-order chi connectivity index (χ0) is 12.9. The van der Waals surface area contributed by atoms with Gasteiger partial charge in [-0.15, -0.1) is 0 Å². The lowest BCUT2D eigenvalue weighted by Crippen LogP contribution is -2.38. The van der Waals surface area contributed by atoms with Gasteiger partial charge >= 0.3 is 6.09 Å². The van der Waals surface area contributed by atoms with Gasteiger partial charge in [0.1, 0.15) is 5.60 Å². The molecule has 4 heteroatoms. The van der Waals surface area contributed by atoms with Crippen LogP contribution in [0.1, 0.15) is 46.5 Å². The topological polar surface area (TPSA) is 38.3 Å². The zero-order valence-corrected chi connectivity index (χ0v) is 12.7. The van der Waals surface area contributed by atoms with Gasteiger partial charge in [-0.25, -0.2) is 4.79 Å². The molecule has 100 valence electrons. The molecule has 0 saturated heterocycles. The first-order chi connectivity index (χ1) is 7.92. The van der Waals surface area contributed by atoms with Crippen LogP contribution in [0, 0.1) is 11.8 Å². The van der Waals surface area contributed by atoms with Gasteiger partial charge in [0.2, 0.25) is 0 Å². The molecule has 0 aromatic heterocycles. The van der Waals surface area contributed by atoms with Gasteiger partial charge < -0.3 is 10.1 Å². The lowest BCUT2D eigenvalue weighted by molar-refractivity contribution is 0.0509. The van der Waals surface area contributed by atoms with E-state index in [0.717, 1.165) is 11.9 Å². The monoisotopic (exact) mass is 305 g/mol. The highest BCUT2D eigenvalue weighted by molar-refractivity contribution is 9.09. The second-order valence-electron chi connectivity index (χ2n) is 5.84. The van der Waals surface area contributed by atoms with E-state index < -0.39 is 5.60 Å². The quantitative estimate of drug-likeness (QED) is 0.807. The van der Waals surface area contributed by atoms with Gasteiger partial charge in [-0.1, -0.05) is 28.8 Å². The van der Waals surface area contributed by atoms with Crippen molar-refractivity contribution in [1.29, 1.82) is 0 Å². The van der Waals surface area contributed by atoms with Crippen LogP contribution in [0.4, 0.5) is 4.79 Å². The summed E-state index contributed by atoms with van der Waals surface area (Å²) in [4.78, 5) is 11.6. The van der Waals surface area contributed by atoms with Crippen molar-refractivity contribution in [1.82, 2.24) is 5.32 Å². The minimum atomic E-state index is -0.411. The Hall–Kier alpha value is -0.250. The van der Waals surface area contributed by atoms with Crippen molar-refractivity contribution in [2.24, 2.45) is 11.8 Å². The minimum absolute atomic E-state index is 0.295. The molecule has 1 aliphatic rings. The molecular weight excluding hydrogens is 282 g/mol. The Labute approximate surface area is 113 Å². The molecule has 2 unspecified atom stereocenters. The average Bonchev–Trinajstić information content (AvgIpc) is 2.24. The van der Waals surface area contributed by atoms with Crippen molar-refractivity contribution in [3.05, 3.63) is 0 Å². The minimum Gasteiger partial charge on any atom is -0.444 e. The fourth-order valence-electron chi connectivity index (χ4n) is 2.28. The van der Waals surface area contributed by atoms with Crippen LogP contribution in [0.2, 0.25) is 0 Å². The number of halogens is 1. The number of hydrogen-bond donors (Lipinski definition) is 1. The van der Waals surface area contributed by atoms with Crippen molar-refractivity contribution in [3.8, 4) is 0 Å². The number of alkyl halides is 1. The molecule has 1 rings (SSSR count). The molecule has 0 aromatic carbocycles. The molecule has 0 spiro atoms. The smallest absolute Gasteiger partial charge is 0.407 e. The van der Waals surface area contributed by atoms with Gasteiger partial charge in [-0.2, -0.15) is 0 Å². The molecule has 2 atom stereocenters. The maximum Gasteiger partial charge on any atom is 0.407 e. The van der Waals surface area contributed by atoms with Crippen LogP contribution in [0.3, 0.4) is 0 Å². The highest BCUT2D eigenvalue weighted by Gasteiger charge is 2.25. The third-order valence-corrected chi connectivity index (χ3v) is 4.00. The van der Waals surface area contributed by atoms with Crippen LogP contribution < -0.4 is 5.32 Å². The second-order valence-corrected chi connectivity index (χ2v) is 6.49. The first-order valence-electron chi connectivity index (χ1n) is 6.45. The summed E-state index contributed by atoms with van der Waals surface area (Å²) < 4.78 is 5.24. The average molecular weight is 306 g/mol. The number of ether oxygens (including phenoxy) is 1. The van der Waals surface area contributed by atoms with Crippen molar-refractivity contribution < 1.29 is 9.53 Å². The van der Waals surface area contributed by atoms with Crippen molar-refractivity contribution in [2.75, 3.05) is 11.9 Å². The fourth-order valence-corrected chi connectivity index (χ4v) is 3.14. The van der Waals surface area contributed by atoms with Gasteiger partial charge in [0.05, 0.1) is 0 Å². The number of nitrogens with one attached hydrogen (secondary N) is 1. The van der Waals surface area contributed by atoms with E-state index in [1.807, 2.05) is 20.8 Å². The summed E-state index contributed by atoms with van der Waals surface area (Å²) in [7, 11) is 0. The first-order valence-corrected chi connectivity index (χ1v) is 7.57. The van der Waals surface area contributed by atoms with Gasteiger partial charge in [-0.05, 0) is 45.4 Å². The van der Waals surface area contributed by atoms with Crippen LogP contribution in [-0.2, 0) is 4.74 Å². The van der Waals surface area contributed by atoms with Gasteiger partial charge in [0.15, 0.2) is 0 Å². The van der Waals surface area contributed by atoms with E-state index >= 15 is 0 Å². The normalized spacial score (nSPS) is 25.4. The molecule has 0 bridgehead atoms. The largest absolute Gasteiger partial charge is 0.444 e. The Morgan fingerprint density at radius 2 is 1.88 bits per heavy atom. The van der Waals surface area contributed by atoms with Crippen LogP contribution in [-0.4, -0.2) is 23.6 Å². The lowest BCUT2D eigenvalue weighted by Gasteiger charge is -2.30. The summed E-state index contributed by atoms with van der Waals surface area (Å²) in [5.41, 5.74) is -0.411. The Bertz CT molecular complexity index is 250. The van der Waals surface area contributed by atoms with E-state index in [2.05, 4.69) is 21.2 Å². The van der Waals surface area contributed by atoms with E-state index in [1.54, 1.807) is 0 Å². The van der Waals surface area contributed by atoms with E-state index in [-0.39, 0.29) is 6.09 Å². The summed E-state index contributed by atoms with van der Waals surface area (Å²) in [6.45, 7) is 6.39. The van der Waals surface area contributed by atoms with Gasteiger partial charge in [-0.3, -0.25) is 0 Å². The molecule has 0 aromatic rings. The number of carbonyl (C=O) groups excluding carboxylic acids is 1. The van der Waals surface area contributed by atoms with Gasteiger partial charge in [0, 0.05) is 11.9 Å². The number of amides is 1. The third-order valence-electron chi connectivity index (χ3n) is 3.17. The molecule has 17 heavy (non-hydrogen) atoms. The molecule has 1 aliphatic carbocycles. The highest BCUT2D eigenvalue weighted by atomic mass is 79.9. The molecule has 1 amide bonds. The molecule has 3 nitrogen and oxygen atoms in total. The number of carbonyl (C=O) groups is 1. The summed E-state index contributed by atoms with van der Waals surface area (Å²) >= 11 is 3.56. The van der Waals surface area contributed by atoms with Crippen LogP contribution in [0.5, 0.6) is 0 Å². The predicted molar refractivity (Wildman–Crippen MR) is 73.5 cm³/mol. The number of rotatable bonds is 3. The van der Waals surface area contributed by atoms with E-state index in [9.17, 15) is 4.79 Å². The van der Waals surface area contributed by atoms with Crippen molar-refractivity contribution in [3.63, 3.8) is 0 Å². The molecule has 1 N–H and O–H groups in total. The summed E-state index contributed by atoms with van der Waals surface area (Å²) in [5.74, 6) is 1.29. The molecule has 0 heterocycles. The summed E-state index contributed by atoms with van der Waals surface area (Å²) in [6, 6.07) is 0. The number of hydrogen-bond acceptors (Lipinski definition) is 2. The molecule has 1 fully saturated rings. The maximum absolute atomic E-state index is 11.6. The van der Waals surface area contributed by atoms with Gasteiger partial charge in [0.25, 0.3) is 0 Å². The van der Waals surface area contributed by atoms with E-state index in [1.165, 1.54) is 25.7 Å². The van der Waals surface area contributed by atoms with Crippen molar-refractivity contribution in [2.45, 2.75) is 52.1 Å². The zero-order valence-electron chi connectivity index (χ0n) is 11.1. The Morgan fingerprint density at radius 1 is 1.29 bits per heavy atom. The summed E-state index contributed by atoms with van der Waals surface area (Å²) in [5, 5.41) is 3.93. The fraction of sp³-hybridized carbons (Fsp3) is 0.923. The molecule has 0 aliphatic heterocycles. The Balaban J connectivity index is 2.31. The van der Waals surface area contributed by atoms with Crippen LogP contribution >= 0.6 is 15.9 Å². The van der Waals surface area contributed by atoms with E-state index in [4.69, 9.17) is 4.74 Å². The first kappa shape index (κ1) is 14.8. The molecular formula is C13H24BrNO2. The highest BCUT2D eigenvalue weighted by Crippen LogP contribution is 2.30. The SMILES string of the molecule is CC(C)(C)OC(=O)NCC1CCCCC1CBr. The number of alkyl carbamates (subject to hydrolysis) is 1. The second kappa shape index (κ2) is 6.62. The lowest BCUT2D eigenvalue weighted by atomic mass is 9.80. The third kappa shape index (κ3) is 5.75. The van der Waals surface area contributed by atoms with Crippen LogP contribution in [0.15, 0.2) is 0 Å². The molecule has 0 radical (unpaired) electrons. The standard InChI is InChI=1S/C13H24BrNO2/c1-13(2,3)17-12(16)15-9-11-7-5-4-6-10(11)8-14/h10-11H,4-9H2,1-3H3,(H,15,16). The predicted octanol–water partition coefficient (Wildman–Crippen LogP) is 3.71. The van der Waals surface area contributed by atoms with Crippen LogP contribution in [0.25, 0.3) is 0 Å². The Kier molecular flexibility index (Phi) is 5.77.